The monoisotopic (exact) mass is 374 g/mol. The predicted octanol–water partition coefficient (Wildman–Crippen LogP) is 1.27. The van der Waals surface area contributed by atoms with Crippen LogP contribution < -0.4 is 15.5 Å². The summed E-state index contributed by atoms with van der Waals surface area (Å²) in [6.07, 6.45) is 3.27. The molecule has 0 aromatic heterocycles. The second-order valence-electron chi connectivity index (χ2n) is 7.37. The molecule has 7 heteroatoms. The summed E-state index contributed by atoms with van der Waals surface area (Å²) in [7, 11) is 1.75. The van der Waals surface area contributed by atoms with Crippen LogP contribution in [-0.2, 0) is 16.1 Å². The van der Waals surface area contributed by atoms with E-state index in [0.717, 1.165) is 56.2 Å². The summed E-state index contributed by atoms with van der Waals surface area (Å²) in [5.41, 5.74) is 2.08. The van der Waals surface area contributed by atoms with Crippen LogP contribution in [0.2, 0.25) is 0 Å². The smallest absolute Gasteiger partial charge is 0.227 e. The number of guanidine groups is 1. The van der Waals surface area contributed by atoms with Gasteiger partial charge in [0.15, 0.2) is 5.96 Å². The van der Waals surface area contributed by atoms with Crippen molar-refractivity contribution in [1.29, 1.82) is 0 Å². The van der Waals surface area contributed by atoms with E-state index in [0.29, 0.717) is 19.6 Å². The number of hydrogen-bond donors (Lipinski definition) is 3. The number of hydrogen-bond acceptors (Lipinski definition) is 4. The van der Waals surface area contributed by atoms with Gasteiger partial charge in [-0.3, -0.25) is 9.79 Å². The molecule has 1 atom stereocenters. The number of anilines is 1. The first-order valence-electron chi connectivity index (χ1n) is 9.68. The van der Waals surface area contributed by atoms with Gasteiger partial charge in [-0.05, 0) is 37.0 Å². The lowest BCUT2D eigenvalue weighted by molar-refractivity contribution is -0.117. The van der Waals surface area contributed by atoms with E-state index in [-0.39, 0.29) is 17.9 Å². The van der Waals surface area contributed by atoms with E-state index in [1.54, 1.807) is 7.05 Å². The Balaban J connectivity index is 1.49. The van der Waals surface area contributed by atoms with Crippen molar-refractivity contribution < 1.29 is 14.6 Å². The minimum absolute atomic E-state index is 0.0176. The Bertz CT molecular complexity index is 654. The second-order valence-corrected chi connectivity index (χ2v) is 7.37. The Labute approximate surface area is 160 Å². The number of aliphatic hydroxyl groups excluding tert-OH is 1. The summed E-state index contributed by atoms with van der Waals surface area (Å²) in [5.74, 6) is 0.941. The maximum absolute atomic E-state index is 11.8. The van der Waals surface area contributed by atoms with Crippen molar-refractivity contribution in [3.05, 3.63) is 29.8 Å². The molecule has 0 bridgehead atoms. The molecule has 1 unspecified atom stereocenters. The number of amides is 1. The largest absolute Gasteiger partial charge is 0.396 e. The molecule has 0 aliphatic carbocycles. The van der Waals surface area contributed by atoms with Gasteiger partial charge in [0.25, 0.3) is 0 Å². The first-order chi connectivity index (χ1) is 13.2. The summed E-state index contributed by atoms with van der Waals surface area (Å²) in [6, 6.07) is 8.09. The topological polar surface area (TPSA) is 86.2 Å². The third-order valence-electron chi connectivity index (χ3n) is 5.46. The van der Waals surface area contributed by atoms with Gasteiger partial charge in [0.1, 0.15) is 0 Å². The van der Waals surface area contributed by atoms with Crippen molar-refractivity contribution in [1.82, 2.24) is 10.6 Å². The van der Waals surface area contributed by atoms with Crippen LogP contribution in [0, 0.1) is 5.41 Å². The van der Waals surface area contributed by atoms with Crippen LogP contribution in [0.3, 0.4) is 0 Å². The van der Waals surface area contributed by atoms with Crippen LogP contribution in [0.1, 0.15) is 31.2 Å². The third-order valence-corrected chi connectivity index (χ3v) is 5.46. The van der Waals surface area contributed by atoms with Crippen molar-refractivity contribution in [3.8, 4) is 0 Å². The van der Waals surface area contributed by atoms with Gasteiger partial charge >= 0.3 is 0 Å². The number of carbonyl (C=O) groups is 1. The first kappa shape index (κ1) is 19.6. The van der Waals surface area contributed by atoms with E-state index >= 15 is 0 Å². The number of ether oxygens (including phenoxy) is 1. The van der Waals surface area contributed by atoms with E-state index in [2.05, 4.69) is 15.6 Å². The molecule has 2 heterocycles. The van der Waals surface area contributed by atoms with Gasteiger partial charge in [-0.15, -0.1) is 0 Å². The van der Waals surface area contributed by atoms with Gasteiger partial charge in [-0.1, -0.05) is 12.1 Å². The van der Waals surface area contributed by atoms with Crippen molar-refractivity contribution in [3.63, 3.8) is 0 Å². The first-order valence-corrected chi connectivity index (χ1v) is 9.68. The summed E-state index contributed by atoms with van der Waals surface area (Å²) >= 11 is 0. The maximum Gasteiger partial charge on any atom is 0.227 e. The Morgan fingerprint density at radius 1 is 1.33 bits per heavy atom. The van der Waals surface area contributed by atoms with Gasteiger partial charge in [-0.25, -0.2) is 0 Å². The van der Waals surface area contributed by atoms with E-state index in [1.807, 2.05) is 29.2 Å². The van der Waals surface area contributed by atoms with Gasteiger partial charge in [0, 0.05) is 57.4 Å². The van der Waals surface area contributed by atoms with Crippen LogP contribution in [-0.4, -0.2) is 56.9 Å². The summed E-state index contributed by atoms with van der Waals surface area (Å²) in [6.45, 7) is 3.78. The lowest BCUT2D eigenvalue weighted by Gasteiger charge is -2.27. The highest BCUT2D eigenvalue weighted by Crippen LogP contribution is 2.31. The molecule has 1 aromatic rings. The number of benzene rings is 1. The zero-order chi connectivity index (χ0) is 19.1. The van der Waals surface area contributed by atoms with Gasteiger partial charge < -0.3 is 25.4 Å². The van der Waals surface area contributed by atoms with Gasteiger partial charge in [-0.2, -0.15) is 0 Å². The van der Waals surface area contributed by atoms with E-state index in [9.17, 15) is 9.90 Å². The Hall–Kier alpha value is -2.12. The van der Waals surface area contributed by atoms with E-state index in [1.165, 1.54) is 0 Å². The molecule has 2 saturated heterocycles. The molecule has 2 fully saturated rings. The Morgan fingerprint density at radius 2 is 2.15 bits per heavy atom. The molecule has 3 N–H and O–H groups in total. The predicted molar refractivity (Wildman–Crippen MR) is 106 cm³/mol. The van der Waals surface area contributed by atoms with Crippen LogP contribution >= 0.6 is 0 Å². The molecule has 1 amide bonds. The average Bonchev–Trinajstić information content (AvgIpc) is 3.32. The molecule has 7 nitrogen and oxygen atoms in total. The highest BCUT2D eigenvalue weighted by Gasteiger charge is 2.34. The molecule has 3 rings (SSSR count). The SMILES string of the molecule is CN=C(NCc1ccc(N2CCCC2=O)cc1)NCC1(CCO)CCOC1. The van der Waals surface area contributed by atoms with Gasteiger partial charge in [0.2, 0.25) is 5.91 Å². The number of aliphatic imine (C=N–C) groups is 1. The van der Waals surface area contributed by atoms with Crippen LogP contribution in [0.25, 0.3) is 0 Å². The summed E-state index contributed by atoms with van der Waals surface area (Å²) in [4.78, 5) is 18.0. The lowest BCUT2D eigenvalue weighted by atomic mass is 9.84. The standard InChI is InChI=1S/C20H30N4O3/c1-21-19(23-14-20(8-11-25)9-12-27-15-20)22-13-16-4-6-17(7-5-16)24-10-2-3-18(24)26/h4-7,25H,2-3,8-15H2,1H3,(H2,21,22,23). The summed E-state index contributed by atoms with van der Waals surface area (Å²) < 4.78 is 5.53. The number of nitrogens with one attached hydrogen (secondary N) is 2. The van der Waals surface area contributed by atoms with Crippen molar-refractivity contribution in [2.24, 2.45) is 10.4 Å². The number of carbonyl (C=O) groups excluding carboxylic acids is 1. The van der Waals surface area contributed by atoms with Crippen molar-refractivity contribution in [2.75, 3.05) is 44.9 Å². The molecule has 2 aliphatic rings. The normalized spacial score (nSPS) is 23.1. The highest BCUT2D eigenvalue weighted by molar-refractivity contribution is 5.95. The van der Waals surface area contributed by atoms with Crippen molar-refractivity contribution >= 4 is 17.6 Å². The zero-order valence-corrected chi connectivity index (χ0v) is 16.0. The Kier molecular flexibility index (Phi) is 6.68. The summed E-state index contributed by atoms with van der Waals surface area (Å²) in [5, 5.41) is 16.0. The molecule has 1 aromatic carbocycles. The second kappa shape index (κ2) is 9.19. The minimum Gasteiger partial charge on any atom is -0.396 e. The molecule has 148 valence electrons. The zero-order valence-electron chi connectivity index (χ0n) is 16.0. The highest BCUT2D eigenvalue weighted by atomic mass is 16.5. The van der Waals surface area contributed by atoms with E-state index < -0.39 is 0 Å². The number of nitrogens with zero attached hydrogens (tertiary/aromatic N) is 2. The third kappa shape index (κ3) is 4.99. The fourth-order valence-electron chi connectivity index (χ4n) is 3.70. The number of rotatable bonds is 7. The van der Waals surface area contributed by atoms with Crippen LogP contribution in [0.4, 0.5) is 5.69 Å². The molecule has 0 saturated carbocycles. The van der Waals surface area contributed by atoms with E-state index in [4.69, 9.17) is 4.74 Å². The average molecular weight is 374 g/mol. The molecular formula is C20H30N4O3. The van der Waals surface area contributed by atoms with Gasteiger partial charge in [0.05, 0.1) is 6.61 Å². The Morgan fingerprint density at radius 3 is 2.74 bits per heavy atom. The van der Waals surface area contributed by atoms with Crippen LogP contribution in [0.15, 0.2) is 29.3 Å². The fraction of sp³-hybridized carbons (Fsp3) is 0.600. The van der Waals surface area contributed by atoms with Crippen LogP contribution in [0.5, 0.6) is 0 Å². The quantitative estimate of drug-likeness (QED) is 0.494. The molecular weight excluding hydrogens is 344 g/mol. The number of aliphatic hydroxyl groups is 1. The lowest BCUT2D eigenvalue weighted by Crippen LogP contribution is -2.44. The molecule has 0 spiro atoms. The molecule has 27 heavy (non-hydrogen) atoms. The van der Waals surface area contributed by atoms with Crippen molar-refractivity contribution in [2.45, 2.75) is 32.2 Å². The molecule has 2 aliphatic heterocycles. The maximum atomic E-state index is 11.8. The minimum atomic E-state index is -0.0176. The molecule has 0 radical (unpaired) electrons. The fourth-order valence-corrected chi connectivity index (χ4v) is 3.70.